The molecule has 0 aromatic heterocycles. The third kappa shape index (κ3) is 5.93. The standard InChI is InChI=1S/C25H34N2O2/c1-8-9-22(25(5,6)7)27(24(29)21-15-18(3)14-19(4)16-21)26-23(28)20-12-10-17(2)11-13-20/h10-16,22H,8-9H2,1-7H3,(H,26,28). The predicted molar refractivity (Wildman–Crippen MR) is 119 cm³/mol. The predicted octanol–water partition coefficient (Wildman–Crippen LogP) is 5.61. The molecule has 0 spiro atoms. The van der Waals surface area contributed by atoms with Crippen LogP contribution in [0.5, 0.6) is 0 Å². The summed E-state index contributed by atoms with van der Waals surface area (Å²) in [5.41, 5.74) is 7.01. The smallest absolute Gasteiger partial charge is 0.267 e. The first-order valence-electron chi connectivity index (χ1n) is 10.3. The summed E-state index contributed by atoms with van der Waals surface area (Å²) in [7, 11) is 0. The summed E-state index contributed by atoms with van der Waals surface area (Å²) >= 11 is 0. The highest BCUT2D eigenvalue weighted by molar-refractivity contribution is 5.99. The van der Waals surface area contributed by atoms with Gasteiger partial charge in [0.2, 0.25) is 0 Å². The Kier molecular flexibility index (Phi) is 7.23. The number of hydrogen-bond acceptors (Lipinski definition) is 2. The Bertz CT molecular complexity index is 843. The summed E-state index contributed by atoms with van der Waals surface area (Å²) in [4.78, 5) is 26.5. The molecule has 4 heteroatoms. The van der Waals surface area contributed by atoms with Crippen molar-refractivity contribution in [2.45, 2.75) is 67.3 Å². The number of rotatable bonds is 5. The quantitative estimate of drug-likeness (QED) is 0.670. The molecule has 1 atom stereocenters. The molecule has 2 aromatic rings. The van der Waals surface area contributed by atoms with Gasteiger partial charge in [-0.25, -0.2) is 5.01 Å². The zero-order chi connectivity index (χ0) is 21.8. The van der Waals surface area contributed by atoms with Crippen molar-refractivity contribution in [2.24, 2.45) is 5.41 Å². The van der Waals surface area contributed by atoms with E-state index in [1.54, 1.807) is 17.1 Å². The average Bonchev–Trinajstić information content (AvgIpc) is 2.62. The summed E-state index contributed by atoms with van der Waals surface area (Å²) in [5.74, 6) is -0.446. The Hall–Kier alpha value is -2.62. The van der Waals surface area contributed by atoms with E-state index in [4.69, 9.17) is 0 Å². The number of hydrazine groups is 1. The molecular formula is C25H34N2O2. The van der Waals surface area contributed by atoms with Gasteiger partial charge in [0.25, 0.3) is 11.8 Å². The lowest BCUT2D eigenvalue weighted by Crippen LogP contribution is -2.56. The summed E-state index contributed by atoms with van der Waals surface area (Å²) in [6.07, 6.45) is 1.72. The third-order valence-corrected chi connectivity index (χ3v) is 5.10. The molecule has 0 aliphatic rings. The first-order chi connectivity index (χ1) is 13.5. The van der Waals surface area contributed by atoms with E-state index in [1.807, 2.05) is 51.1 Å². The number of amides is 2. The Morgan fingerprint density at radius 1 is 0.897 bits per heavy atom. The second kappa shape index (κ2) is 9.25. The van der Waals surface area contributed by atoms with Gasteiger partial charge < -0.3 is 0 Å². The average molecular weight is 395 g/mol. The molecule has 0 aliphatic carbocycles. The van der Waals surface area contributed by atoms with Crippen LogP contribution in [0, 0.1) is 26.2 Å². The van der Waals surface area contributed by atoms with Gasteiger partial charge in [0.05, 0.1) is 6.04 Å². The normalized spacial score (nSPS) is 12.4. The van der Waals surface area contributed by atoms with Gasteiger partial charge in [0.15, 0.2) is 0 Å². The van der Waals surface area contributed by atoms with Crippen molar-refractivity contribution in [3.05, 3.63) is 70.3 Å². The zero-order valence-electron chi connectivity index (χ0n) is 18.8. The van der Waals surface area contributed by atoms with Gasteiger partial charge in [-0.15, -0.1) is 0 Å². The number of nitrogens with zero attached hydrogens (tertiary/aromatic N) is 1. The van der Waals surface area contributed by atoms with E-state index in [0.29, 0.717) is 11.1 Å². The summed E-state index contributed by atoms with van der Waals surface area (Å²) in [6.45, 7) is 14.3. The van der Waals surface area contributed by atoms with Gasteiger partial charge in [-0.1, -0.05) is 69.0 Å². The third-order valence-electron chi connectivity index (χ3n) is 5.10. The first kappa shape index (κ1) is 22.7. The summed E-state index contributed by atoms with van der Waals surface area (Å²) in [6, 6.07) is 13.1. The monoisotopic (exact) mass is 394 g/mol. The molecule has 0 aliphatic heterocycles. The Morgan fingerprint density at radius 3 is 1.93 bits per heavy atom. The van der Waals surface area contributed by atoms with Crippen LogP contribution in [0.15, 0.2) is 42.5 Å². The van der Waals surface area contributed by atoms with Gasteiger partial charge in [0.1, 0.15) is 0 Å². The van der Waals surface area contributed by atoms with Crippen molar-refractivity contribution >= 4 is 11.8 Å². The molecule has 2 amide bonds. The highest BCUT2D eigenvalue weighted by atomic mass is 16.2. The van der Waals surface area contributed by atoms with E-state index in [2.05, 4.69) is 33.1 Å². The Morgan fingerprint density at radius 2 is 1.45 bits per heavy atom. The second-order valence-electron chi connectivity index (χ2n) is 9.03. The van der Waals surface area contributed by atoms with Crippen LogP contribution in [0.25, 0.3) is 0 Å². The number of hydrogen-bond donors (Lipinski definition) is 1. The van der Waals surface area contributed by atoms with Gasteiger partial charge >= 0.3 is 0 Å². The summed E-state index contributed by atoms with van der Waals surface area (Å²) < 4.78 is 0. The summed E-state index contributed by atoms with van der Waals surface area (Å²) in [5, 5.41) is 1.56. The molecule has 0 heterocycles. The van der Waals surface area contributed by atoms with E-state index in [1.165, 1.54) is 0 Å². The lowest BCUT2D eigenvalue weighted by Gasteiger charge is -2.40. The van der Waals surface area contributed by atoms with Gasteiger partial charge in [-0.3, -0.25) is 15.0 Å². The van der Waals surface area contributed by atoms with E-state index in [-0.39, 0.29) is 23.3 Å². The number of carbonyl (C=O) groups is 2. The fraction of sp³-hybridized carbons (Fsp3) is 0.440. The maximum Gasteiger partial charge on any atom is 0.272 e. The molecule has 0 bridgehead atoms. The number of aryl methyl sites for hydroxylation is 3. The van der Waals surface area contributed by atoms with E-state index in [0.717, 1.165) is 29.5 Å². The van der Waals surface area contributed by atoms with E-state index >= 15 is 0 Å². The maximum absolute atomic E-state index is 13.5. The van der Waals surface area contributed by atoms with Crippen molar-refractivity contribution < 1.29 is 9.59 Å². The van der Waals surface area contributed by atoms with Crippen LogP contribution in [0.1, 0.15) is 77.9 Å². The maximum atomic E-state index is 13.5. The molecule has 0 radical (unpaired) electrons. The van der Waals surface area contributed by atoms with Crippen LogP contribution in [-0.4, -0.2) is 22.9 Å². The largest absolute Gasteiger partial charge is 0.272 e. The molecule has 2 rings (SSSR count). The van der Waals surface area contributed by atoms with Crippen molar-refractivity contribution in [2.75, 3.05) is 0 Å². The molecule has 1 N–H and O–H groups in total. The molecule has 2 aromatic carbocycles. The molecule has 29 heavy (non-hydrogen) atoms. The Balaban J connectivity index is 2.45. The second-order valence-corrected chi connectivity index (χ2v) is 9.03. The molecule has 4 nitrogen and oxygen atoms in total. The zero-order valence-corrected chi connectivity index (χ0v) is 18.8. The van der Waals surface area contributed by atoms with E-state index in [9.17, 15) is 9.59 Å². The van der Waals surface area contributed by atoms with Crippen LogP contribution in [-0.2, 0) is 0 Å². The van der Waals surface area contributed by atoms with Crippen molar-refractivity contribution in [1.82, 2.24) is 10.4 Å². The fourth-order valence-electron chi connectivity index (χ4n) is 3.61. The highest BCUT2D eigenvalue weighted by Gasteiger charge is 2.35. The Labute approximate surface area is 175 Å². The van der Waals surface area contributed by atoms with Gasteiger partial charge in [-0.2, -0.15) is 0 Å². The molecular weight excluding hydrogens is 360 g/mol. The van der Waals surface area contributed by atoms with Crippen LogP contribution < -0.4 is 5.43 Å². The van der Waals surface area contributed by atoms with Crippen LogP contribution in [0.4, 0.5) is 0 Å². The van der Waals surface area contributed by atoms with Crippen molar-refractivity contribution in [3.8, 4) is 0 Å². The SMILES string of the molecule is CCCC(N(NC(=O)c1ccc(C)cc1)C(=O)c1cc(C)cc(C)c1)C(C)(C)C. The van der Waals surface area contributed by atoms with Crippen molar-refractivity contribution in [1.29, 1.82) is 0 Å². The number of benzene rings is 2. The lowest BCUT2D eigenvalue weighted by molar-refractivity contribution is 0.0271. The van der Waals surface area contributed by atoms with Crippen LogP contribution in [0.3, 0.4) is 0 Å². The molecule has 156 valence electrons. The van der Waals surface area contributed by atoms with Crippen LogP contribution in [0.2, 0.25) is 0 Å². The lowest BCUT2D eigenvalue weighted by atomic mass is 9.83. The van der Waals surface area contributed by atoms with E-state index < -0.39 is 0 Å². The molecule has 1 unspecified atom stereocenters. The van der Waals surface area contributed by atoms with Crippen molar-refractivity contribution in [3.63, 3.8) is 0 Å². The number of carbonyl (C=O) groups excluding carboxylic acids is 2. The minimum atomic E-state index is -0.270. The molecule has 0 saturated carbocycles. The van der Waals surface area contributed by atoms with Gasteiger partial charge in [-0.05, 0) is 56.9 Å². The first-order valence-corrected chi connectivity index (χ1v) is 10.3. The molecule has 0 saturated heterocycles. The van der Waals surface area contributed by atoms with Gasteiger partial charge in [0, 0.05) is 11.1 Å². The molecule has 0 fully saturated rings. The number of nitrogens with one attached hydrogen (secondary N) is 1. The fourth-order valence-corrected chi connectivity index (χ4v) is 3.61. The minimum Gasteiger partial charge on any atom is -0.267 e. The highest BCUT2D eigenvalue weighted by Crippen LogP contribution is 2.29. The topological polar surface area (TPSA) is 49.4 Å². The minimum absolute atomic E-state index is 0.129. The van der Waals surface area contributed by atoms with Crippen LogP contribution >= 0.6 is 0 Å².